The Morgan fingerprint density at radius 2 is 2.12 bits per heavy atom. The molecule has 3 N–H and O–H groups in total. The van der Waals surface area contributed by atoms with Crippen molar-refractivity contribution in [2.24, 2.45) is 11.8 Å². The van der Waals surface area contributed by atoms with Gasteiger partial charge < -0.3 is 11.1 Å². The normalized spacial score (nSPS) is 29.0. The maximum Gasteiger partial charge on any atom is 0.146 e. The van der Waals surface area contributed by atoms with Crippen LogP contribution in [0.15, 0.2) is 10.8 Å². The third-order valence-corrected chi connectivity index (χ3v) is 4.63. The van der Waals surface area contributed by atoms with Crippen molar-refractivity contribution in [2.75, 3.05) is 11.1 Å². The van der Waals surface area contributed by atoms with Crippen molar-refractivity contribution in [1.82, 2.24) is 9.97 Å². The smallest absolute Gasteiger partial charge is 0.146 e. The van der Waals surface area contributed by atoms with Crippen molar-refractivity contribution < 1.29 is 0 Å². The summed E-state index contributed by atoms with van der Waals surface area (Å²) in [6, 6.07) is 0.476. The average molecular weight is 299 g/mol. The standard InChI is InChI=1S/C12H19BrN4/c1-7-4-3-5-9(8(7)2)17-12-10(13)11(14)15-6-16-12/h6-9H,3-5H2,1-2H3,(H3,14,15,16,17). The fourth-order valence-electron chi connectivity index (χ4n) is 2.45. The van der Waals surface area contributed by atoms with E-state index in [9.17, 15) is 0 Å². The Morgan fingerprint density at radius 3 is 2.88 bits per heavy atom. The van der Waals surface area contributed by atoms with E-state index in [0.29, 0.717) is 17.8 Å². The first-order chi connectivity index (χ1) is 8.09. The van der Waals surface area contributed by atoms with E-state index in [4.69, 9.17) is 5.73 Å². The molecule has 17 heavy (non-hydrogen) atoms. The van der Waals surface area contributed by atoms with E-state index in [1.165, 1.54) is 25.6 Å². The maximum atomic E-state index is 5.75. The fraction of sp³-hybridized carbons (Fsp3) is 0.667. The summed E-state index contributed by atoms with van der Waals surface area (Å²) in [5.74, 6) is 2.72. The molecule has 1 aliphatic carbocycles. The molecule has 1 fully saturated rings. The lowest BCUT2D eigenvalue weighted by Crippen LogP contribution is -2.35. The highest BCUT2D eigenvalue weighted by Crippen LogP contribution is 2.33. The summed E-state index contributed by atoms with van der Waals surface area (Å²) in [4.78, 5) is 8.19. The van der Waals surface area contributed by atoms with Gasteiger partial charge in [-0.1, -0.05) is 26.7 Å². The number of halogens is 1. The van der Waals surface area contributed by atoms with Crippen LogP contribution in [-0.4, -0.2) is 16.0 Å². The van der Waals surface area contributed by atoms with Crippen LogP contribution in [0.2, 0.25) is 0 Å². The third-order valence-electron chi connectivity index (χ3n) is 3.85. The van der Waals surface area contributed by atoms with Gasteiger partial charge in [-0.05, 0) is 34.2 Å². The van der Waals surface area contributed by atoms with Gasteiger partial charge in [0.2, 0.25) is 0 Å². The highest BCUT2D eigenvalue weighted by atomic mass is 79.9. The summed E-state index contributed by atoms with van der Waals surface area (Å²) in [6.45, 7) is 4.63. The summed E-state index contributed by atoms with van der Waals surface area (Å²) >= 11 is 3.43. The summed E-state index contributed by atoms with van der Waals surface area (Å²) < 4.78 is 0.769. The van der Waals surface area contributed by atoms with E-state index >= 15 is 0 Å². The van der Waals surface area contributed by atoms with E-state index in [-0.39, 0.29) is 0 Å². The molecule has 4 nitrogen and oxygen atoms in total. The molecule has 0 spiro atoms. The van der Waals surface area contributed by atoms with Crippen LogP contribution >= 0.6 is 15.9 Å². The molecule has 1 saturated carbocycles. The maximum absolute atomic E-state index is 5.75. The molecule has 3 unspecified atom stereocenters. The second-order valence-corrected chi connectivity index (χ2v) is 5.73. The molecule has 5 heteroatoms. The summed E-state index contributed by atoms with van der Waals surface area (Å²) in [6.07, 6.45) is 5.30. The van der Waals surface area contributed by atoms with Crippen LogP contribution in [0.5, 0.6) is 0 Å². The molecule has 2 rings (SSSR count). The monoisotopic (exact) mass is 298 g/mol. The van der Waals surface area contributed by atoms with Crippen molar-refractivity contribution in [3.63, 3.8) is 0 Å². The number of hydrogen-bond donors (Lipinski definition) is 2. The summed E-state index contributed by atoms with van der Waals surface area (Å²) in [7, 11) is 0. The third kappa shape index (κ3) is 2.70. The molecule has 1 aromatic heterocycles. The topological polar surface area (TPSA) is 63.8 Å². The number of nitrogen functional groups attached to an aromatic ring is 1. The Morgan fingerprint density at radius 1 is 1.35 bits per heavy atom. The number of anilines is 2. The van der Waals surface area contributed by atoms with Crippen molar-refractivity contribution in [2.45, 2.75) is 39.2 Å². The van der Waals surface area contributed by atoms with Gasteiger partial charge in [0.1, 0.15) is 22.4 Å². The summed E-state index contributed by atoms with van der Waals surface area (Å²) in [5, 5.41) is 3.49. The highest BCUT2D eigenvalue weighted by Gasteiger charge is 2.27. The van der Waals surface area contributed by atoms with Gasteiger partial charge in [-0.25, -0.2) is 9.97 Å². The van der Waals surface area contributed by atoms with Crippen molar-refractivity contribution in [3.8, 4) is 0 Å². The molecule has 0 bridgehead atoms. The first kappa shape index (κ1) is 12.6. The Bertz CT molecular complexity index is 396. The van der Waals surface area contributed by atoms with Crippen LogP contribution in [0, 0.1) is 11.8 Å². The van der Waals surface area contributed by atoms with Gasteiger partial charge in [0.05, 0.1) is 0 Å². The number of hydrogen-bond acceptors (Lipinski definition) is 4. The van der Waals surface area contributed by atoms with Crippen molar-refractivity contribution in [3.05, 3.63) is 10.8 Å². The number of rotatable bonds is 2. The van der Waals surface area contributed by atoms with E-state index in [1.54, 1.807) is 0 Å². The lowest BCUT2D eigenvalue weighted by molar-refractivity contribution is 0.253. The second kappa shape index (κ2) is 5.21. The van der Waals surface area contributed by atoms with Crippen molar-refractivity contribution in [1.29, 1.82) is 0 Å². The van der Waals surface area contributed by atoms with Crippen LogP contribution in [0.25, 0.3) is 0 Å². The van der Waals surface area contributed by atoms with E-state index < -0.39 is 0 Å². The van der Waals surface area contributed by atoms with Crippen molar-refractivity contribution >= 4 is 27.6 Å². The van der Waals surface area contributed by atoms with Gasteiger partial charge in [-0.3, -0.25) is 0 Å². The molecular formula is C12H19BrN4. The Kier molecular flexibility index (Phi) is 3.86. The van der Waals surface area contributed by atoms with Crippen LogP contribution in [0.4, 0.5) is 11.6 Å². The molecule has 1 aliphatic rings. The first-order valence-corrected chi connectivity index (χ1v) is 6.91. The minimum Gasteiger partial charge on any atom is -0.383 e. The minimum absolute atomic E-state index is 0.476. The number of nitrogens with one attached hydrogen (secondary N) is 1. The highest BCUT2D eigenvalue weighted by molar-refractivity contribution is 9.10. The predicted molar refractivity (Wildman–Crippen MR) is 73.7 cm³/mol. The van der Waals surface area contributed by atoms with E-state index in [0.717, 1.165) is 16.2 Å². The van der Waals surface area contributed by atoms with Gasteiger partial charge in [-0.2, -0.15) is 0 Å². The minimum atomic E-state index is 0.476. The second-order valence-electron chi connectivity index (χ2n) is 4.94. The molecule has 0 amide bonds. The van der Waals surface area contributed by atoms with Gasteiger partial charge in [0.25, 0.3) is 0 Å². The SMILES string of the molecule is CC1CCCC(Nc2ncnc(N)c2Br)C1C. The lowest BCUT2D eigenvalue weighted by Gasteiger charge is -2.35. The quantitative estimate of drug-likeness (QED) is 0.881. The largest absolute Gasteiger partial charge is 0.383 e. The summed E-state index contributed by atoms with van der Waals surface area (Å²) in [5.41, 5.74) is 5.75. The first-order valence-electron chi connectivity index (χ1n) is 6.12. The number of nitrogens with two attached hydrogens (primary N) is 1. The van der Waals surface area contributed by atoms with Gasteiger partial charge >= 0.3 is 0 Å². The fourth-order valence-corrected chi connectivity index (χ4v) is 2.76. The zero-order valence-corrected chi connectivity index (χ0v) is 11.9. The van der Waals surface area contributed by atoms with E-state index in [1.807, 2.05) is 0 Å². The van der Waals surface area contributed by atoms with Gasteiger partial charge in [0.15, 0.2) is 0 Å². The van der Waals surface area contributed by atoms with E-state index in [2.05, 4.69) is 45.1 Å². The molecule has 3 atom stereocenters. The van der Waals surface area contributed by atoms with Crippen LogP contribution < -0.4 is 11.1 Å². The lowest BCUT2D eigenvalue weighted by atomic mass is 9.78. The molecule has 1 heterocycles. The molecule has 0 aliphatic heterocycles. The molecule has 0 radical (unpaired) electrons. The Labute approximate surface area is 111 Å². The Hall–Kier alpha value is -0.840. The van der Waals surface area contributed by atoms with Crippen LogP contribution in [0.1, 0.15) is 33.1 Å². The molecular weight excluding hydrogens is 280 g/mol. The predicted octanol–water partition coefficient (Wildman–Crippen LogP) is 3.06. The Balaban J connectivity index is 2.12. The molecule has 94 valence electrons. The van der Waals surface area contributed by atoms with Gasteiger partial charge in [0, 0.05) is 6.04 Å². The number of nitrogens with zero attached hydrogens (tertiary/aromatic N) is 2. The molecule has 1 aromatic rings. The van der Waals surface area contributed by atoms with Gasteiger partial charge in [-0.15, -0.1) is 0 Å². The van der Waals surface area contributed by atoms with Crippen LogP contribution in [-0.2, 0) is 0 Å². The zero-order valence-electron chi connectivity index (χ0n) is 10.3. The zero-order chi connectivity index (χ0) is 12.4. The average Bonchev–Trinajstić information content (AvgIpc) is 2.31. The molecule has 0 aromatic carbocycles. The van der Waals surface area contributed by atoms with Crippen LogP contribution in [0.3, 0.4) is 0 Å². The molecule has 0 saturated heterocycles. The number of aromatic nitrogens is 2.